The molecule has 0 saturated carbocycles. The molecule has 5 rings (SSSR count). The van der Waals surface area contributed by atoms with Crippen LogP contribution in [0.15, 0.2) is 42.5 Å². The normalized spacial score (nSPS) is 35.9. The summed E-state index contributed by atoms with van der Waals surface area (Å²) in [7, 11) is 0. The van der Waals surface area contributed by atoms with E-state index in [2.05, 4.69) is 10.1 Å². The molecule has 1 N–H and O–H groups in total. The average Bonchev–Trinajstić information content (AvgIpc) is 3.12. The molecule has 33 heavy (non-hydrogen) atoms. The Labute approximate surface area is 212 Å². The summed E-state index contributed by atoms with van der Waals surface area (Å²) >= 11 is 0. The molecule has 2 aromatic rings. The van der Waals surface area contributed by atoms with Crippen LogP contribution in [-0.2, 0) is 33.9 Å². The molecule has 0 aliphatic carbocycles. The maximum Gasteiger partial charge on any atom is 0.255 e. The summed E-state index contributed by atoms with van der Waals surface area (Å²) in [6.45, 7) is -22.8. The number of fused-ring (bicyclic) bond motifs is 1. The van der Waals surface area contributed by atoms with Crippen LogP contribution in [0.3, 0.4) is 0 Å². The van der Waals surface area contributed by atoms with Crippen molar-refractivity contribution in [3.8, 4) is 5.75 Å². The molecule has 3 aliphatic rings. The quantitative estimate of drug-likeness (QED) is 0.658. The highest BCUT2D eigenvalue weighted by atomic mass is 16.5. The molecule has 3 aliphatic heterocycles. The first-order valence-electron chi connectivity index (χ1n) is 16.9. The van der Waals surface area contributed by atoms with E-state index in [9.17, 15) is 14.4 Å². The number of ether oxygens (including phenoxy) is 2. The van der Waals surface area contributed by atoms with Crippen molar-refractivity contribution in [2.45, 2.75) is 38.4 Å². The number of hydrogen-bond acceptors (Lipinski definition) is 6. The smallest absolute Gasteiger partial charge is 0.255 e. The van der Waals surface area contributed by atoms with Gasteiger partial charge in [0, 0.05) is 45.3 Å². The van der Waals surface area contributed by atoms with E-state index in [4.69, 9.17) is 23.9 Å². The Bertz CT molecular complexity index is 1620. The van der Waals surface area contributed by atoms with Crippen LogP contribution in [0.5, 0.6) is 5.75 Å². The van der Waals surface area contributed by atoms with Crippen molar-refractivity contribution in [2.24, 2.45) is 0 Å². The predicted molar refractivity (Wildman–Crippen MR) is 119 cm³/mol. The lowest BCUT2D eigenvalue weighted by atomic mass is 10.0. The molecule has 8 heteroatoms. The number of amides is 3. The third-order valence-electron chi connectivity index (χ3n) is 5.05. The fourth-order valence-electron chi connectivity index (χ4n) is 3.46. The average molecular weight is 464 g/mol. The zero-order valence-electron chi connectivity index (χ0n) is 31.0. The molecule has 3 heterocycles. The first kappa shape index (κ1) is 10.8. The highest BCUT2D eigenvalue weighted by molar-refractivity contribution is 6.05. The summed E-state index contributed by atoms with van der Waals surface area (Å²) in [6, 6.07) is 6.33. The zero-order chi connectivity index (χ0) is 35.3. The predicted octanol–water partition coefficient (Wildman–Crippen LogP) is 1.86. The van der Waals surface area contributed by atoms with Crippen LogP contribution in [0.4, 0.5) is 0 Å². The summed E-state index contributed by atoms with van der Waals surface area (Å²) in [5, 5.41) is 2.07. The maximum absolute atomic E-state index is 13.3. The Morgan fingerprint density at radius 1 is 1.09 bits per heavy atom. The minimum Gasteiger partial charge on any atom is -0.489 e. The van der Waals surface area contributed by atoms with Gasteiger partial charge in [0.1, 0.15) is 18.4 Å². The van der Waals surface area contributed by atoms with Crippen molar-refractivity contribution in [2.75, 3.05) is 26.1 Å². The second-order valence-corrected chi connectivity index (χ2v) is 7.19. The lowest BCUT2D eigenvalue weighted by Crippen LogP contribution is -2.52. The van der Waals surface area contributed by atoms with Crippen molar-refractivity contribution in [3.05, 3.63) is 64.7 Å². The molecule has 3 amide bonds. The van der Waals surface area contributed by atoms with Gasteiger partial charge < -0.3 is 14.4 Å². The lowest BCUT2D eigenvalue weighted by Gasteiger charge is -2.29. The minimum atomic E-state index is -3.55. The molecular formula is C25H27N3O5. The second-order valence-electron chi connectivity index (χ2n) is 7.19. The first-order valence-corrected chi connectivity index (χ1v) is 9.92. The molecule has 2 fully saturated rings. The Morgan fingerprint density at radius 3 is 2.61 bits per heavy atom. The molecule has 0 radical (unpaired) electrons. The van der Waals surface area contributed by atoms with Gasteiger partial charge in [-0.3, -0.25) is 24.6 Å². The highest BCUT2D eigenvalue weighted by Gasteiger charge is 2.40. The number of morpholine rings is 1. The maximum atomic E-state index is 13.3. The Kier molecular flexibility index (Phi) is 3.05. The molecule has 0 spiro atoms. The summed E-state index contributed by atoms with van der Waals surface area (Å²) in [4.78, 5) is 37.8. The van der Waals surface area contributed by atoms with Crippen molar-refractivity contribution in [1.29, 1.82) is 0 Å². The summed E-state index contributed by atoms with van der Waals surface area (Å²) in [6.07, 6.45) is -0.267. The molecule has 172 valence electrons. The summed E-state index contributed by atoms with van der Waals surface area (Å²) < 4.78 is 126. The van der Waals surface area contributed by atoms with Crippen LogP contribution in [0.25, 0.3) is 0 Å². The molecule has 8 nitrogen and oxygen atoms in total. The molecule has 2 saturated heterocycles. The number of nitrogens with one attached hydrogen (secondary N) is 1. The third-order valence-corrected chi connectivity index (χ3v) is 5.05. The van der Waals surface area contributed by atoms with Gasteiger partial charge in [0.25, 0.3) is 5.91 Å². The summed E-state index contributed by atoms with van der Waals surface area (Å²) in [5.74, 6) is -2.72. The number of piperidine rings is 1. The third kappa shape index (κ3) is 4.62. The van der Waals surface area contributed by atoms with E-state index in [0.29, 0.717) is 4.90 Å². The van der Waals surface area contributed by atoms with Gasteiger partial charge in [-0.15, -0.1) is 0 Å². The number of nitrogens with zero attached hydrogens (tertiary/aromatic N) is 2. The molecule has 0 bridgehead atoms. The number of carbonyl (C=O) groups is 3. The van der Waals surface area contributed by atoms with Crippen molar-refractivity contribution >= 4 is 17.7 Å². The number of carbonyl (C=O) groups excluding carboxylic acids is 3. The van der Waals surface area contributed by atoms with E-state index in [-0.39, 0.29) is 34.4 Å². The SMILES string of the molecule is [2H]C([2H])(Oc1cccc2c1C([2H])([2H])N(C1CCC(=O)NC1=O)C2=O)c1ccc(C([2H])([2H])N2C([2H])([2H])C([2H])([2H])OC([2H])([2H])C2([2H])[2H])cc1. The van der Waals surface area contributed by atoms with Gasteiger partial charge in [-0.2, -0.15) is 0 Å². The van der Waals surface area contributed by atoms with Crippen LogP contribution < -0.4 is 10.1 Å². The van der Waals surface area contributed by atoms with E-state index in [1.807, 2.05) is 0 Å². The number of imide groups is 1. The molecular weight excluding hydrogens is 422 g/mol. The van der Waals surface area contributed by atoms with Crippen molar-refractivity contribution in [3.63, 3.8) is 0 Å². The van der Waals surface area contributed by atoms with Gasteiger partial charge in [0.15, 0.2) is 0 Å². The van der Waals surface area contributed by atoms with E-state index < -0.39 is 80.7 Å². The van der Waals surface area contributed by atoms with E-state index in [1.165, 1.54) is 18.2 Å². The molecule has 2 aromatic carbocycles. The molecule has 0 aromatic heterocycles. The minimum absolute atomic E-state index is 0.132. The number of benzene rings is 2. The van der Waals surface area contributed by atoms with E-state index >= 15 is 0 Å². The fraction of sp³-hybridized carbons (Fsp3) is 0.400. The number of rotatable bonds is 6. The Balaban J connectivity index is 1.46. The molecule has 1 unspecified atom stereocenters. The lowest BCUT2D eigenvalue weighted by molar-refractivity contribution is -0.136. The van der Waals surface area contributed by atoms with Gasteiger partial charge >= 0.3 is 0 Å². The van der Waals surface area contributed by atoms with Gasteiger partial charge in [0.2, 0.25) is 11.8 Å². The Hall–Kier alpha value is -3.23. The van der Waals surface area contributed by atoms with Crippen molar-refractivity contribution < 1.29 is 43.0 Å². The van der Waals surface area contributed by atoms with Crippen LogP contribution in [0.1, 0.15) is 59.1 Å². The van der Waals surface area contributed by atoms with Crippen LogP contribution in [-0.4, -0.2) is 59.7 Å². The fourth-order valence-corrected chi connectivity index (χ4v) is 3.46. The van der Waals surface area contributed by atoms with Crippen LogP contribution >= 0.6 is 0 Å². The summed E-state index contributed by atoms with van der Waals surface area (Å²) in [5.41, 5.74) is -1.38. The van der Waals surface area contributed by atoms with Gasteiger partial charge in [-0.1, -0.05) is 30.3 Å². The van der Waals surface area contributed by atoms with Crippen LogP contribution in [0.2, 0.25) is 0 Å². The van der Waals surface area contributed by atoms with Gasteiger partial charge in [-0.05, 0) is 29.7 Å². The van der Waals surface area contributed by atoms with E-state index in [0.717, 1.165) is 24.3 Å². The first-order chi connectivity index (χ1) is 21.3. The van der Waals surface area contributed by atoms with Crippen LogP contribution in [0, 0.1) is 0 Å². The topological polar surface area (TPSA) is 88.2 Å². The highest BCUT2D eigenvalue weighted by Crippen LogP contribution is 2.34. The monoisotopic (exact) mass is 463 g/mol. The largest absolute Gasteiger partial charge is 0.489 e. The molecule has 1 atom stereocenters. The van der Waals surface area contributed by atoms with Crippen molar-refractivity contribution in [1.82, 2.24) is 15.1 Å². The zero-order valence-corrected chi connectivity index (χ0v) is 17.0. The second kappa shape index (κ2) is 9.33. The standard InChI is InChI=1S/C25H27N3O5/c29-23-9-8-21(24(30)26-23)28-15-20-19(25(28)31)2-1-3-22(20)33-16-18-6-4-17(5-7-18)14-27-10-12-32-13-11-27/h1-7,21H,8-16H2,(H,26,29,30)/i10D2,11D2,12D2,13D2,14D2,15D2,16D2. The Morgan fingerprint density at radius 2 is 1.85 bits per heavy atom. The van der Waals surface area contributed by atoms with Gasteiger partial charge in [0.05, 0.1) is 30.6 Å². The number of hydrogen-bond donors (Lipinski definition) is 1. The van der Waals surface area contributed by atoms with E-state index in [1.54, 1.807) is 0 Å². The van der Waals surface area contributed by atoms with Gasteiger partial charge in [-0.25, -0.2) is 0 Å².